The van der Waals surface area contributed by atoms with Crippen LogP contribution in [0.3, 0.4) is 0 Å². The minimum Gasteiger partial charge on any atom is -0.504 e. The summed E-state index contributed by atoms with van der Waals surface area (Å²) in [5.41, 5.74) is -0.671. The number of carbonyl (C=O) groups is 1. The second kappa shape index (κ2) is 3.88. The molecule has 0 radical (unpaired) electrons. The van der Waals surface area contributed by atoms with Gasteiger partial charge in [0, 0.05) is 18.0 Å². The predicted molar refractivity (Wildman–Crippen MR) is 79.5 cm³/mol. The number of hydrogen-bond acceptors (Lipinski definition) is 6. The van der Waals surface area contributed by atoms with Gasteiger partial charge in [-0.3, -0.25) is 4.79 Å². The molecule has 3 N–H and O–H groups in total. The van der Waals surface area contributed by atoms with Gasteiger partial charge < -0.3 is 25.0 Å². The van der Waals surface area contributed by atoms with E-state index >= 15 is 0 Å². The van der Waals surface area contributed by atoms with Crippen molar-refractivity contribution in [3.05, 3.63) is 23.3 Å². The fourth-order valence-corrected chi connectivity index (χ4v) is 5.58. The first kappa shape index (κ1) is 13.8. The van der Waals surface area contributed by atoms with Gasteiger partial charge in [0.15, 0.2) is 23.4 Å². The van der Waals surface area contributed by atoms with Gasteiger partial charge in [-0.15, -0.1) is 0 Å². The zero-order valence-electron chi connectivity index (χ0n) is 12.8. The average molecular weight is 317 g/mol. The molecule has 6 nitrogen and oxygen atoms in total. The quantitative estimate of drug-likeness (QED) is 0.609. The van der Waals surface area contributed by atoms with Crippen molar-refractivity contribution in [1.82, 2.24) is 4.90 Å². The number of nitrogens with zero attached hydrogens (tertiary/aromatic N) is 1. The minimum atomic E-state index is -1.44. The first-order valence-electron chi connectivity index (χ1n) is 8.06. The average Bonchev–Trinajstić information content (AvgIpc) is 2.86. The van der Waals surface area contributed by atoms with E-state index in [1.807, 2.05) is 13.1 Å². The van der Waals surface area contributed by atoms with Crippen LogP contribution in [0.4, 0.5) is 0 Å². The molecule has 1 aromatic rings. The lowest BCUT2D eigenvalue weighted by Gasteiger charge is -2.63. The van der Waals surface area contributed by atoms with Crippen molar-refractivity contribution in [2.24, 2.45) is 0 Å². The number of rotatable bonds is 0. The Morgan fingerprint density at radius 3 is 2.91 bits per heavy atom. The molecule has 1 aromatic carbocycles. The number of aliphatic hydroxyl groups is 2. The number of Topliss-reactive ketones (excluding diaryl/α,β-unsaturated/α-hetero) is 1. The van der Waals surface area contributed by atoms with Crippen LogP contribution in [0.5, 0.6) is 11.5 Å². The van der Waals surface area contributed by atoms with E-state index in [2.05, 4.69) is 4.90 Å². The van der Waals surface area contributed by atoms with Crippen molar-refractivity contribution in [1.29, 1.82) is 0 Å². The highest BCUT2D eigenvalue weighted by Gasteiger charge is 2.75. The molecule has 4 aliphatic rings. The molecule has 6 heteroatoms. The van der Waals surface area contributed by atoms with E-state index in [9.17, 15) is 20.1 Å². The summed E-state index contributed by atoms with van der Waals surface area (Å²) < 4.78 is 5.88. The third kappa shape index (κ3) is 1.24. The molecule has 2 aliphatic heterocycles. The molecule has 23 heavy (non-hydrogen) atoms. The van der Waals surface area contributed by atoms with Crippen LogP contribution in [0.15, 0.2) is 12.1 Å². The number of likely N-dealkylation sites (N-methyl/N-ethyl adjacent to an activating group) is 1. The molecule has 1 saturated carbocycles. The first-order chi connectivity index (χ1) is 10.9. The van der Waals surface area contributed by atoms with Crippen LogP contribution in [0.2, 0.25) is 0 Å². The number of carbonyl (C=O) groups excluding carboxylic acids is 1. The Kier molecular flexibility index (Phi) is 2.33. The molecule has 0 amide bonds. The smallest absolute Gasteiger partial charge is 0.177 e. The van der Waals surface area contributed by atoms with Crippen molar-refractivity contribution in [2.75, 3.05) is 13.6 Å². The van der Waals surface area contributed by atoms with Gasteiger partial charge in [-0.25, -0.2) is 0 Å². The lowest BCUT2D eigenvalue weighted by Crippen LogP contribution is -2.80. The lowest BCUT2D eigenvalue weighted by atomic mass is 9.48. The van der Waals surface area contributed by atoms with Crippen LogP contribution < -0.4 is 4.74 Å². The first-order valence-corrected chi connectivity index (χ1v) is 8.06. The maximum Gasteiger partial charge on any atom is 0.177 e. The number of piperidine rings is 1. The number of aromatic hydroxyl groups is 1. The van der Waals surface area contributed by atoms with E-state index in [4.69, 9.17) is 4.74 Å². The van der Waals surface area contributed by atoms with Crippen LogP contribution in [-0.2, 0) is 16.6 Å². The predicted octanol–water partition coefficient (Wildman–Crippen LogP) is -0.284. The van der Waals surface area contributed by atoms with Crippen molar-refractivity contribution in [3.8, 4) is 11.5 Å². The fourth-order valence-electron chi connectivity index (χ4n) is 5.58. The molecule has 2 aliphatic carbocycles. The van der Waals surface area contributed by atoms with Crippen LogP contribution in [0.1, 0.15) is 24.0 Å². The number of likely N-dealkylation sites (tertiary alicyclic amines) is 1. The van der Waals surface area contributed by atoms with E-state index in [0.29, 0.717) is 25.1 Å². The van der Waals surface area contributed by atoms with E-state index in [-0.39, 0.29) is 24.0 Å². The molecule has 2 heterocycles. The summed E-state index contributed by atoms with van der Waals surface area (Å²) in [4.78, 5) is 14.6. The van der Waals surface area contributed by atoms with Crippen LogP contribution in [-0.4, -0.2) is 63.4 Å². The molecule has 0 aromatic heterocycles. The van der Waals surface area contributed by atoms with Gasteiger partial charge in [-0.1, -0.05) is 6.07 Å². The highest BCUT2D eigenvalue weighted by molar-refractivity contribution is 5.90. The van der Waals surface area contributed by atoms with Gasteiger partial charge in [-0.05, 0) is 38.1 Å². The highest BCUT2D eigenvalue weighted by Crippen LogP contribution is 2.64. The Balaban J connectivity index is 1.89. The molecular weight excluding hydrogens is 298 g/mol. The summed E-state index contributed by atoms with van der Waals surface area (Å²) in [5.74, 6) is 0.111. The van der Waals surface area contributed by atoms with E-state index in [1.165, 1.54) is 0 Å². The summed E-state index contributed by atoms with van der Waals surface area (Å²) in [6, 6.07) is 3.16. The summed E-state index contributed by atoms with van der Waals surface area (Å²) >= 11 is 0. The third-order valence-electron chi connectivity index (χ3n) is 6.57. The van der Waals surface area contributed by atoms with E-state index in [1.54, 1.807) is 6.07 Å². The van der Waals surface area contributed by atoms with Crippen LogP contribution >= 0.6 is 0 Å². The maximum absolute atomic E-state index is 12.6. The molecule has 2 bridgehead atoms. The number of ether oxygens (including phenoxy) is 1. The summed E-state index contributed by atoms with van der Waals surface area (Å²) in [6.45, 7) is 0.710. The zero-order valence-corrected chi connectivity index (χ0v) is 12.8. The van der Waals surface area contributed by atoms with E-state index < -0.39 is 23.2 Å². The highest BCUT2D eigenvalue weighted by atomic mass is 16.5. The summed E-state index contributed by atoms with van der Waals surface area (Å²) in [5, 5.41) is 32.5. The molecule has 2 fully saturated rings. The van der Waals surface area contributed by atoms with Crippen LogP contribution in [0.25, 0.3) is 0 Å². The second-order valence-corrected chi connectivity index (χ2v) is 7.38. The third-order valence-corrected chi connectivity index (χ3v) is 6.57. The summed E-state index contributed by atoms with van der Waals surface area (Å²) in [7, 11) is 1.94. The van der Waals surface area contributed by atoms with Gasteiger partial charge in [0.1, 0.15) is 5.60 Å². The van der Waals surface area contributed by atoms with E-state index in [0.717, 1.165) is 11.1 Å². The van der Waals surface area contributed by atoms with Gasteiger partial charge in [0.05, 0.1) is 11.5 Å². The number of phenols is 1. The number of phenolic OH excluding ortho intramolecular Hbond substituents is 1. The molecule has 5 atom stereocenters. The SMILES string of the molecule is CN1CC[C@]23c4c5ccc(O)c4O[C@H]2C(=O)C[C@H](O)[C@@]3(O)[C@H]1C5. The van der Waals surface area contributed by atoms with Crippen molar-refractivity contribution < 1.29 is 24.9 Å². The Labute approximate surface area is 133 Å². The monoisotopic (exact) mass is 317 g/mol. The molecule has 5 rings (SSSR count). The van der Waals surface area contributed by atoms with Crippen molar-refractivity contribution >= 4 is 5.78 Å². The number of ketones is 1. The Bertz CT molecular complexity index is 749. The number of hydrogen-bond donors (Lipinski definition) is 3. The Morgan fingerprint density at radius 1 is 1.35 bits per heavy atom. The number of aliphatic hydroxyl groups excluding tert-OH is 1. The molecular formula is C17H19NO5. The molecule has 1 spiro atoms. The summed E-state index contributed by atoms with van der Waals surface area (Å²) in [6.07, 6.45) is -0.970. The van der Waals surface area contributed by atoms with Crippen LogP contribution in [0, 0.1) is 0 Å². The molecule has 0 unspecified atom stereocenters. The second-order valence-electron chi connectivity index (χ2n) is 7.38. The normalized spacial score (nSPS) is 44.0. The largest absolute Gasteiger partial charge is 0.504 e. The Hall–Kier alpha value is -1.63. The van der Waals surface area contributed by atoms with Gasteiger partial charge >= 0.3 is 0 Å². The molecule has 1 saturated heterocycles. The van der Waals surface area contributed by atoms with Gasteiger partial charge in [0.2, 0.25) is 0 Å². The van der Waals surface area contributed by atoms with Gasteiger partial charge in [0.25, 0.3) is 0 Å². The van der Waals surface area contributed by atoms with Gasteiger partial charge in [-0.2, -0.15) is 0 Å². The fraction of sp³-hybridized carbons (Fsp3) is 0.588. The maximum atomic E-state index is 12.6. The lowest BCUT2D eigenvalue weighted by molar-refractivity contribution is -0.226. The minimum absolute atomic E-state index is 0.00505. The van der Waals surface area contributed by atoms with Crippen molar-refractivity contribution in [2.45, 2.75) is 48.5 Å². The van der Waals surface area contributed by atoms with Crippen molar-refractivity contribution in [3.63, 3.8) is 0 Å². The molecule has 122 valence electrons. The Morgan fingerprint density at radius 2 is 2.13 bits per heavy atom. The topological polar surface area (TPSA) is 90.2 Å². The number of benzene rings is 1. The standard InChI is InChI=1S/C17H19NO5/c1-18-5-4-16-13-8-2-3-9(19)14(13)23-15(16)10(20)7-12(21)17(16,22)11(18)6-8/h2-3,11-12,15,19,21-22H,4-7H2,1H3/t11-,12+,15+,16+,17+/m1/s1. The zero-order chi connectivity index (χ0) is 16.1.